The summed E-state index contributed by atoms with van der Waals surface area (Å²) in [7, 11) is 3.79. The lowest BCUT2D eigenvalue weighted by molar-refractivity contribution is 0.0855. The van der Waals surface area contributed by atoms with Crippen molar-refractivity contribution in [2.24, 2.45) is 0 Å². The topological polar surface area (TPSA) is 60.6 Å². The number of nitrogens with zero attached hydrogens (tertiary/aromatic N) is 2. The molecule has 1 aromatic carbocycles. The second kappa shape index (κ2) is 5.46. The third-order valence-corrected chi connectivity index (χ3v) is 4.75. The van der Waals surface area contributed by atoms with Crippen molar-refractivity contribution in [3.8, 4) is 5.75 Å². The third kappa shape index (κ3) is 2.29. The standard InChI is InChI=1S/C14H19N3O2S/c1-17(9-5-7-19-8-6-9)10-3-4-11(18-2)12-13(10)20-14(15)16-12/h3-4,9H,5-8H2,1-2H3,(H2,15,16). The van der Waals surface area contributed by atoms with Gasteiger partial charge in [0, 0.05) is 26.3 Å². The number of methoxy groups -OCH3 is 1. The molecule has 0 aliphatic carbocycles. The van der Waals surface area contributed by atoms with Gasteiger partial charge < -0.3 is 20.1 Å². The van der Waals surface area contributed by atoms with Crippen LogP contribution >= 0.6 is 11.3 Å². The van der Waals surface area contributed by atoms with Crippen LogP contribution in [-0.2, 0) is 4.74 Å². The van der Waals surface area contributed by atoms with Gasteiger partial charge in [-0.05, 0) is 25.0 Å². The molecule has 5 nitrogen and oxygen atoms in total. The van der Waals surface area contributed by atoms with Crippen molar-refractivity contribution < 1.29 is 9.47 Å². The van der Waals surface area contributed by atoms with Gasteiger partial charge in [0.15, 0.2) is 5.13 Å². The van der Waals surface area contributed by atoms with Crippen LogP contribution in [0.2, 0.25) is 0 Å². The molecule has 0 unspecified atom stereocenters. The predicted molar refractivity (Wildman–Crippen MR) is 82.8 cm³/mol. The summed E-state index contributed by atoms with van der Waals surface area (Å²) < 4.78 is 11.9. The molecule has 20 heavy (non-hydrogen) atoms. The highest BCUT2D eigenvalue weighted by atomic mass is 32.1. The van der Waals surface area contributed by atoms with E-state index < -0.39 is 0 Å². The van der Waals surface area contributed by atoms with Gasteiger partial charge in [-0.1, -0.05) is 11.3 Å². The van der Waals surface area contributed by atoms with Gasteiger partial charge in [-0.3, -0.25) is 0 Å². The fourth-order valence-electron chi connectivity index (χ4n) is 2.70. The Morgan fingerprint density at radius 2 is 2.15 bits per heavy atom. The van der Waals surface area contributed by atoms with Gasteiger partial charge >= 0.3 is 0 Å². The number of aromatic nitrogens is 1. The highest BCUT2D eigenvalue weighted by Gasteiger charge is 2.22. The molecule has 3 rings (SSSR count). The fraction of sp³-hybridized carbons (Fsp3) is 0.500. The molecule has 1 aliphatic heterocycles. The molecule has 1 aliphatic rings. The number of rotatable bonds is 3. The summed E-state index contributed by atoms with van der Waals surface area (Å²) in [6.07, 6.45) is 2.11. The van der Waals surface area contributed by atoms with E-state index in [0.717, 1.165) is 42.0 Å². The van der Waals surface area contributed by atoms with Gasteiger partial charge in [0.25, 0.3) is 0 Å². The lowest BCUT2D eigenvalue weighted by Crippen LogP contribution is -2.36. The Morgan fingerprint density at radius 3 is 2.85 bits per heavy atom. The maximum Gasteiger partial charge on any atom is 0.181 e. The number of fused-ring (bicyclic) bond motifs is 1. The molecule has 0 bridgehead atoms. The van der Waals surface area contributed by atoms with Crippen molar-refractivity contribution in [1.82, 2.24) is 4.98 Å². The lowest BCUT2D eigenvalue weighted by atomic mass is 10.1. The first-order chi connectivity index (χ1) is 9.70. The van der Waals surface area contributed by atoms with Gasteiger partial charge in [0.1, 0.15) is 11.3 Å². The van der Waals surface area contributed by atoms with Gasteiger partial charge in [-0.15, -0.1) is 0 Å². The van der Waals surface area contributed by atoms with Crippen molar-refractivity contribution in [1.29, 1.82) is 0 Å². The summed E-state index contributed by atoms with van der Waals surface area (Å²) in [6, 6.07) is 4.56. The lowest BCUT2D eigenvalue weighted by Gasteiger charge is -2.33. The fourth-order valence-corrected chi connectivity index (χ4v) is 3.60. The molecular formula is C14H19N3O2S. The van der Waals surface area contributed by atoms with E-state index in [0.29, 0.717) is 11.2 Å². The largest absolute Gasteiger partial charge is 0.494 e. The normalized spacial score (nSPS) is 16.5. The van der Waals surface area contributed by atoms with Crippen LogP contribution in [0.4, 0.5) is 10.8 Å². The van der Waals surface area contributed by atoms with Crippen LogP contribution in [0.25, 0.3) is 10.2 Å². The first-order valence-corrected chi connectivity index (χ1v) is 7.56. The Bertz CT molecular complexity index is 608. The number of benzene rings is 1. The maximum atomic E-state index is 5.87. The minimum Gasteiger partial charge on any atom is -0.494 e. The molecule has 0 amide bonds. The van der Waals surface area contributed by atoms with Crippen LogP contribution in [-0.4, -0.2) is 38.4 Å². The van der Waals surface area contributed by atoms with Crippen molar-refractivity contribution in [2.75, 3.05) is 38.0 Å². The number of hydrogen-bond acceptors (Lipinski definition) is 6. The quantitative estimate of drug-likeness (QED) is 0.942. The molecule has 0 radical (unpaired) electrons. The van der Waals surface area contributed by atoms with Crippen LogP contribution in [0.3, 0.4) is 0 Å². The van der Waals surface area contributed by atoms with Crippen molar-refractivity contribution in [3.05, 3.63) is 12.1 Å². The minimum absolute atomic E-state index is 0.503. The molecule has 0 atom stereocenters. The Balaban J connectivity index is 2.02. The summed E-state index contributed by atoms with van der Waals surface area (Å²) in [5.74, 6) is 0.775. The van der Waals surface area contributed by atoms with Crippen molar-refractivity contribution in [3.63, 3.8) is 0 Å². The molecule has 0 spiro atoms. The van der Waals surface area contributed by atoms with Crippen LogP contribution in [0.15, 0.2) is 12.1 Å². The monoisotopic (exact) mass is 293 g/mol. The zero-order valence-corrected chi connectivity index (χ0v) is 12.6. The number of hydrogen-bond donors (Lipinski definition) is 1. The number of anilines is 2. The zero-order chi connectivity index (χ0) is 14.1. The number of thiazole rings is 1. The summed E-state index contributed by atoms with van der Waals surface area (Å²) in [4.78, 5) is 6.71. The van der Waals surface area contributed by atoms with Crippen LogP contribution in [0.1, 0.15) is 12.8 Å². The Morgan fingerprint density at radius 1 is 1.40 bits per heavy atom. The molecule has 2 aromatic rings. The van der Waals surface area contributed by atoms with E-state index in [1.165, 1.54) is 17.0 Å². The second-order valence-corrected chi connectivity index (χ2v) is 6.00. The molecular weight excluding hydrogens is 274 g/mol. The van der Waals surface area contributed by atoms with Crippen LogP contribution < -0.4 is 15.4 Å². The van der Waals surface area contributed by atoms with E-state index in [1.54, 1.807) is 7.11 Å². The molecule has 6 heteroatoms. The molecule has 108 valence electrons. The van der Waals surface area contributed by atoms with Crippen molar-refractivity contribution in [2.45, 2.75) is 18.9 Å². The van der Waals surface area contributed by atoms with Gasteiger partial charge in [-0.25, -0.2) is 4.98 Å². The van der Waals surface area contributed by atoms with E-state index >= 15 is 0 Å². The SMILES string of the molecule is COc1ccc(N(C)C2CCOCC2)c2sc(N)nc12. The van der Waals surface area contributed by atoms with Gasteiger partial charge in [-0.2, -0.15) is 0 Å². The molecule has 1 saturated heterocycles. The van der Waals surface area contributed by atoms with Crippen LogP contribution in [0.5, 0.6) is 5.75 Å². The Kier molecular flexibility index (Phi) is 3.67. The number of nitrogens with two attached hydrogens (primary N) is 1. The van der Waals surface area contributed by atoms with Crippen molar-refractivity contribution >= 4 is 32.4 Å². The first kappa shape index (κ1) is 13.5. The summed E-state index contributed by atoms with van der Waals surface area (Å²) in [5, 5.41) is 0.575. The first-order valence-electron chi connectivity index (χ1n) is 6.74. The van der Waals surface area contributed by atoms with Gasteiger partial charge in [0.05, 0.1) is 17.5 Å². The molecule has 0 saturated carbocycles. The summed E-state index contributed by atoms with van der Waals surface area (Å²) in [6.45, 7) is 1.66. The zero-order valence-electron chi connectivity index (χ0n) is 11.8. The van der Waals surface area contributed by atoms with E-state index in [9.17, 15) is 0 Å². The highest BCUT2D eigenvalue weighted by Crippen LogP contribution is 2.39. The van der Waals surface area contributed by atoms with Crippen LogP contribution in [0, 0.1) is 0 Å². The second-order valence-electron chi connectivity index (χ2n) is 4.97. The number of ether oxygens (including phenoxy) is 2. The van der Waals surface area contributed by atoms with E-state index in [4.69, 9.17) is 15.2 Å². The highest BCUT2D eigenvalue weighted by molar-refractivity contribution is 7.22. The molecule has 1 fully saturated rings. The maximum absolute atomic E-state index is 5.87. The number of nitrogen functional groups attached to an aromatic ring is 1. The minimum atomic E-state index is 0.503. The Labute approximate surface area is 122 Å². The molecule has 2 heterocycles. The molecule has 1 aromatic heterocycles. The average molecular weight is 293 g/mol. The summed E-state index contributed by atoms with van der Waals surface area (Å²) in [5.41, 5.74) is 7.90. The molecule has 2 N–H and O–H groups in total. The van der Waals surface area contributed by atoms with E-state index in [2.05, 4.69) is 23.0 Å². The Hall–Kier alpha value is -1.53. The van der Waals surface area contributed by atoms with E-state index in [-0.39, 0.29) is 0 Å². The third-order valence-electron chi connectivity index (χ3n) is 3.84. The predicted octanol–water partition coefficient (Wildman–Crippen LogP) is 2.50. The summed E-state index contributed by atoms with van der Waals surface area (Å²) >= 11 is 1.51. The average Bonchev–Trinajstić information content (AvgIpc) is 2.87. The smallest absolute Gasteiger partial charge is 0.181 e. The van der Waals surface area contributed by atoms with E-state index in [1.807, 2.05) is 6.07 Å². The van der Waals surface area contributed by atoms with Gasteiger partial charge in [0.2, 0.25) is 0 Å².